The molecule has 1 atom stereocenters. The number of halogens is 2. The molecule has 2 rings (SSSR count). The van der Waals surface area contributed by atoms with Crippen LogP contribution in [0.2, 0.25) is 0 Å². The Morgan fingerprint density at radius 2 is 2.17 bits per heavy atom. The number of rotatable bonds is 4. The number of nitrogens with one attached hydrogen (secondary N) is 1. The number of anilines is 2. The molecule has 1 heterocycles. The van der Waals surface area contributed by atoms with Crippen LogP contribution in [0.1, 0.15) is 6.42 Å². The van der Waals surface area contributed by atoms with Gasteiger partial charge in [-0.15, -0.1) is 0 Å². The molecular weight excluding hydrogens is 242 g/mol. The predicted molar refractivity (Wildman–Crippen MR) is 64.4 cm³/mol. The van der Waals surface area contributed by atoms with Crippen LogP contribution in [-0.2, 0) is 9.47 Å². The van der Waals surface area contributed by atoms with Gasteiger partial charge < -0.3 is 20.5 Å². The molecule has 1 fully saturated rings. The predicted octanol–water partition coefficient (Wildman–Crippen LogP) is 1.76. The summed E-state index contributed by atoms with van der Waals surface area (Å²) in [5.74, 6) is -1.88. The number of benzene rings is 1. The molecule has 4 nitrogen and oxygen atoms in total. The first-order valence-corrected chi connectivity index (χ1v) is 5.68. The van der Waals surface area contributed by atoms with E-state index in [1.54, 1.807) is 7.11 Å². The van der Waals surface area contributed by atoms with E-state index in [9.17, 15) is 8.78 Å². The van der Waals surface area contributed by atoms with Gasteiger partial charge in [0.25, 0.3) is 0 Å². The first-order valence-electron chi connectivity index (χ1n) is 5.68. The molecule has 0 radical (unpaired) electrons. The zero-order chi connectivity index (χ0) is 13.2. The molecule has 0 saturated carbocycles. The van der Waals surface area contributed by atoms with E-state index in [-0.39, 0.29) is 5.69 Å². The summed E-state index contributed by atoms with van der Waals surface area (Å²) in [7, 11) is 1.60. The monoisotopic (exact) mass is 258 g/mol. The molecule has 0 aliphatic carbocycles. The van der Waals surface area contributed by atoms with E-state index >= 15 is 0 Å². The first kappa shape index (κ1) is 13.0. The fraction of sp³-hybridized carbons (Fsp3) is 0.500. The van der Waals surface area contributed by atoms with Crippen molar-refractivity contribution in [2.75, 3.05) is 37.9 Å². The third-order valence-electron chi connectivity index (χ3n) is 3.19. The van der Waals surface area contributed by atoms with Gasteiger partial charge >= 0.3 is 0 Å². The minimum Gasteiger partial charge on any atom is -0.397 e. The molecule has 6 heteroatoms. The molecule has 3 N–H and O–H groups in total. The molecule has 0 amide bonds. The average Bonchev–Trinajstić information content (AvgIpc) is 2.82. The molecule has 1 aromatic carbocycles. The summed E-state index contributed by atoms with van der Waals surface area (Å²) < 4.78 is 36.7. The smallest absolute Gasteiger partial charge is 0.161 e. The molecule has 0 spiro atoms. The highest BCUT2D eigenvalue weighted by atomic mass is 19.2. The van der Waals surface area contributed by atoms with E-state index in [1.165, 1.54) is 0 Å². The van der Waals surface area contributed by atoms with Gasteiger partial charge in [-0.05, 0) is 0 Å². The Kier molecular flexibility index (Phi) is 3.68. The Balaban J connectivity index is 2.08. The van der Waals surface area contributed by atoms with Crippen LogP contribution in [0.4, 0.5) is 20.2 Å². The highest BCUT2D eigenvalue weighted by Gasteiger charge is 2.34. The van der Waals surface area contributed by atoms with Crippen molar-refractivity contribution in [1.82, 2.24) is 0 Å². The SMILES string of the molecule is COC1(CNc2cc(F)c(F)cc2N)CCOC1. The Morgan fingerprint density at radius 3 is 2.78 bits per heavy atom. The van der Waals surface area contributed by atoms with Crippen molar-refractivity contribution >= 4 is 11.4 Å². The van der Waals surface area contributed by atoms with Crippen molar-refractivity contribution in [1.29, 1.82) is 0 Å². The maximum Gasteiger partial charge on any atom is 0.161 e. The van der Waals surface area contributed by atoms with Crippen molar-refractivity contribution < 1.29 is 18.3 Å². The summed E-state index contributed by atoms with van der Waals surface area (Å²) in [5.41, 5.74) is 5.71. The Bertz CT molecular complexity index is 434. The van der Waals surface area contributed by atoms with Gasteiger partial charge in [0.05, 0.1) is 18.0 Å². The van der Waals surface area contributed by atoms with Crippen LogP contribution >= 0.6 is 0 Å². The lowest BCUT2D eigenvalue weighted by atomic mass is 10.0. The lowest BCUT2D eigenvalue weighted by molar-refractivity contribution is -0.00619. The van der Waals surface area contributed by atoms with Crippen molar-refractivity contribution in [2.24, 2.45) is 0 Å². The molecule has 100 valence electrons. The van der Waals surface area contributed by atoms with E-state index in [4.69, 9.17) is 15.2 Å². The minimum atomic E-state index is -0.955. The van der Waals surface area contributed by atoms with Gasteiger partial charge in [-0.25, -0.2) is 8.78 Å². The van der Waals surface area contributed by atoms with E-state index in [0.717, 1.165) is 18.6 Å². The maximum absolute atomic E-state index is 13.1. The largest absolute Gasteiger partial charge is 0.397 e. The van der Waals surface area contributed by atoms with Gasteiger partial charge in [0.1, 0.15) is 5.60 Å². The summed E-state index contributed by atoms with van der Waals surface area (Å²) in [6, 6.07) is 2.01. The molecular formula is C12H16F2N2O2. The highest BCUT2D eigenvalue weighted by molar-refractivity contribution is 5.66. The fourth-order valence-corrected chi connectivity index (χ4v) is 1.93. The molecule has 1 aromatic rings. The van der Waals surface area contributed by atoms with E-state index in [0.29, 0.717) is 25.4 Å². The minimum absolute atomic E-state index is 0.166. The van der Waals surface area contributed by atoms with Gasteiger partial charge in [0.2, 0.25) is 0 Å². The summed E-state index contributed by atoms with van der Waals surface area (Å²) in [5, 5.41) is 2.98. The van der Waals surface area contributed by atoms with E-state index < -0.39 is 17.2 Å². The number of methoxy groups -OCH3 is 1. The van der Waals surface area contributed by atoms with Crippen molar-refractivity contribution in [3.8, 4) is 0 Å². The van der Waals surface area contributed by atoms with Crippen LogP contribution in [0.15, 0.2) is 12.1 Å². The summed E-state index contributed by atoms with van der Waals surface area (Å²) in [6.07, 6.45) is 0.750. The number of nitrogens with two attached hydrogens (primary N) is 1. The second-order valence-electron chi connectivity index (χ2n) is 4.40. The van der Waals surface area contributed by atoms with Crippen LogP contribution in [0.25, 0.3) is 0 Å². The molecule has 1 saturated heterocycles. The van der Waals surface area contributed by atoms with Crippen molar-refractivity contribution in [3.63, 3.8) is 0 Å². The Morgan fingerprint density at radius 1 is 1.44 bits per heavy atom. The zero-order valence-electron chi connectivity index (χ0n) is 10.1. The van der Waals surface area contributed by atoms with Crippen molar-refractivity contribution in [2.45, 2.75) is 12.0 Å². The summed E-state index contributed by atoms with van der Waals surface area (Å²) in [4.78, 5) is 0. The zero-order valence-corrected chi connectivity index (χ0v) is 10.1. The molecule has 0 bridgehead atoms. The van der Waals surface area contributed by atoms with Gasteiger partial charge in [-0.1, -0.05) is 0 Å². The van der Waals surface area contributed by atoms with Crippen LogP contribution in [0, 0.1) is 11.6 Å². The molecule has 1 unspecified atom stereocenters. The lowest BCUT2D eigenvalue weighted by Crippen LogP contribution is -2.39. The lowest BCUT2D eigenvalue weighted by Gasteiger charge is -2.26. The number of ether oxygens (including phenoxy) is 2. The van der Waals surface area contributed by atoms with Crippen LogP contribution in [-0.4, -0.2) is 32.5 Å². The third-order valence-corrected chi connectivity index (χ3v) is 3.19. The van der Waals surface area contributed by atoms with Gasteiger partial charge in [-0.3, -0.25) is 0 Å². The molecule has 1 aliphatic rings. The third kappa shape index (κ3) is 2.54. The van der Waals surface area contributed by atoms with Crippen LogP contribution < -0.4 is 11.1 Å². The molecule has 1 aliphatic heterocycles. The standard InChI is InChI=1S/C12H16F2N2O2/c1-17-12(2-3-18-7-12)6-16-11-5-9(14)8(13)4-10(11)15/h4-5,16H,2-3,6-7,15H2,1H3. The van der Waals surface area contributed by atoms with Crippen LogP contribution in [0.5, 0.6) is 0 Å². The van der Waals surface area contributed by atoms with Gasteiger partial charge in [0.15, 0.2) is 11.6 Å². The van der Waals surface area contributed by atoms with E-state index in [2.05, 4.69) is 5.32 Å². The molecule has 0 aromatic heterocycles. The van der Waals surface area contributed by atoms with Gasteiger partial charge in [0, 0.05) is 38.8 Å². The first-order chi connectivity index (χ1) is 8.56. The van der Waals surface area contributed by atoms with Gasteiger partial charge in [-0.2, -0.15) is 0 Å². The second-order valence-corrected chi connectivity index (χ2v) is 4.40. The topological polar surface area (TPSA) is 56.5 Å². The average molecular weight is 258 g/mol. The van der Waals surface area contributed by atoms with Crippen LogP contribution in [0.3, 0.4) is 0 Å². The normalized spacial score (nSPS) is 23.3. The van der Waals surface area contributed by atoms with E-state index in [1.807, 2.05) is 0 Å². The quantitative estimate of drug-likeness (QED) is 0.808. The molecule has 18 heavy (non-hydrogen) atoms. The summed E-state index contributed by atoms with van der Waals surface area (Å²) in [6.45, 7) is 1.53. The number of hydrogen-bond donors (Lipinski definition) is 2. The maximum atomic E-state index is 13.1. The Labute approximate surface area is 104 Å². The Hall–Kier alpha value is -1.40. The van der Waals surface area contributed by atoms with Crippen molar-refractivity contribution in [3.05, 3.63) is 23.8 Å². The number of nitrogen functional groups attached to an aromatic ring is 1. The fourth-order valence-electron chi connectivity index (χ4n) is 1.93. The summed E-state index contributed by atoms with van der Waals surface area (Å²) >= 11 is 0. The highest BCUT2D eigenvalue weighted by Crippen LogP contribution is 2.26. The number of hydrogen-bond acceptors (Lipinski definition) is 4. The second kappa shape index (κ2) is 5.07.